The maximum Gasteiger partial charge on any atom is 0.188 e. The summed E-state index contributed by atoms with van der Waals surface area (Å²) in [6.07, 6.45) is 4.05. The number of hydrogen-bond donors (Lipinski definition) is 0. The summed E-state index contributed by atoms with van der Waals surface area (Å²) >= 11 is 1.68. The Kier molecular flexibility index (Phi) is 7.12. The molecule has 0 saturated heterocycles. The number of pyridine rings is 1. The summed E-state index contributed by atoms with van der Waals surface area (Å²) in [6.45, 7) is 6.53. The van der Waals surface area contributed by atoms with Crippen LogP contribution >= 0.6 is 11.8 Å². The normalized spacial score (nSPS) is 11.5. The molecule has 0 aliphatic carbocycles. The van der Waals surface area contributed by atoms with Crippen molar-refractivity contribution < 1.29 is 21.1 Å². The standard InChI is InChI=1S/C34H27N4S.Pt/c1-23(2)36-22-37(32-14-7-6-13-31(32)36)25-9-8-10-26(20-25)39-27-15-16-29-28-11-4-5-12-30(28)38(33(29)21-27)34-19-24(3)17-18-35-34;/h4-19,22-23H,1-3H3;/q-1;. The molecule has 200 valence electrons. The third-order valence-electron chi connectivity index (χ3n) is 7.13. The molecule has 0 aliphatic rings. The van der Waals surface area contributed by atoms with Gasteiger partial charge in [-0.1, -0.05) is 34.7 Å². The Balaban J connectivity index is 0.00000289. The van der Waals surface area contributed by atoms with Crippen molar-refractivity contribution >= 4 is 44.6 Å². The number of nitrogens with zero attached hydrogens (tertiary/aromatic N) is 4. The average Bonchev–Trinajstić information content (AvgIpc) is 3.50. The molecule has 6 heteroatoms. The molecular weight excluding hydrogens is 692 g/mol. The van der Waals surface area contributed by atoms with Crippen molar-refractivity contribution in [3.8, 4) is 11.5 Å². The van der Waals surface area contributed by atoms with E-state index in [1.54, 1.807) is 11.8 Å². The van der Waals surface area contributed by atoms with Crippen LogP contribution in [0.2, 0.25) is 0 Å². The van der Waals surface area contributed by atoms with E-state index in [4.69, 9.17) is 4.98 Å². The number of para-hydroxylation sites is 3. The van der Waals surface area contributed by atoms with Crippen molar-refractivity contribution in [1.82, 2.24) is 18.7 Å². The third-order valence-corrected chi connectivity index (χ3v) is 8.05. The van der Waals surface area contributed by atoms with Gasteiger partial charge in [-0.25, -0.2) is 14.1 Å². The van der Waals surface area contributed by atoms with Gasteiger partial charge in [-0.15, -0.1) is 34.2 Å². The summed E-state index contributed by atoms with van der Waals surface area (Å²) in [5.74, 6) is 0.908. The number of fused-ring (bicyclic) bond motifs is 4. The van der Waals surface area contributed by atoms with E-state index in [9.17, 15) is 0 Å². The van der Waals surface area contributed by atoms with Gasteiger partial charge in [-0.2, -0.15) is 24.3 Å². The van der Waals surface area contributed by atoms with Gasteiger partial charge >= 0.3 is 0 Å². The summed E-state index contributed by atoms with van der Waals surface area (Å²) < 4.78 is 6.76. The molecule has 0 amide bonds. The number of benzene rings is 4. The van der Waals surface area contributed by atoms with Crippen LogP contribution in [0, 0.1) is 19.1 Å². The minimum absolute atomic E-state index is 0. The molecule has 0 fully saturated rings. The summed E-state index contributed by atoms with van der Waals surface area (Å²) in [5, 5.41) is 2.38. The molecule has 0 unspecified atom stereocenters. The Morgan fingerprint density at radius 2 is 1.52 bits per heavy atom. The summed E-state index contributed by atoms with van der Waals surface area (Å²) in [4.78, 5) is 6.80. The second-order valence-electron chi connectivity index (χ2n) is 10.1. The van der Waals surface area contributed by atoms with Crippen LogP contribution in [0.3, 0.4) is 0 Å². The first-order valence-corrected chi connectivity index (χ1v) is 14.0. The van der Waals surface area contributed by atoms with Gasteiger partial charge in [0.1, 0.15) is 5.82 Å². The van der Waals surface area contributed by atoms with Gasteiger partial charge < -0.3 is 4.57 Å². The van der Waals surface area contributed by atoms with Crippen LogP contribution in [0.25, 0.3) is 44.3 Å². The number of imidazole rings is 1. The van der Waals surface area contributed by atoms with Crippen molar-refractivity contribution in [3.63, 3.8) is 0 Å². The Labute approximate surface area is 252 Å². The summed E-state index contributed by atoms with van der Waals surface area (Å²) in [5.41, 5.74) is 6.76. The van der Waals surface area contributed by atoms with Crippen molar-refractivity contribution in [2.75, 3.05) is 0 Å². The largest absolute Gasteiger partial charge is 0.319 e. The maximum absolute atomic E-state index is 4.71. The van der Waals surface area contributed by atoms with E-state index >= 15 is 0 Å². The average molecular weight is 719 g/mol. The van der Waals surface area contributed by atoms with Crippen molar-refractivity contribution in [3.05, 3.63) is 121 Å². The van der Waals surface area contributed by atoms with Gasteiger partial charge in [0.2, 0.25) is 0 Å². The van der Waals surface area contributed by atoms with Gasteiger partial charge in [-0.05, 0) is 62.1 Å². The molecule has 3 heterocycles. The zero-order chi connectivity index (χ0) is 26.5. The van der Waals surface area contributed by atoms with E-state index in [1.807, 2.05) is 12.3 Å². The van der Waals surface area contributed by atoms with Crippen molar-refractivity contribution in [2.24, 2.45) is 0 Å². The van der Waals surface area contributed by atoms with Gasteiger partial charge in [0.25, 0.3) is 0 Å². The predicted molar refractivity (Wildman–Crippen MR) is 161 cm³/mol. The Bertz CT molecular complexity index is 2000. The second kappa shape index (κ2) is 10.7. The molecule has 0 N–H and O–H groups in total. The third kappa shape index (κ3) is 4.57. The molecule has 40 heavy (non-hydrogen) atoms. The summed E-state index contributed by atoms with van der Waals surface area (Å²) in [7, 11) is 0. The van der Waals surface area contributed by atoms with E-state index in [0.29, 0.717) is 6.04 Å². The van der Waals surface area contributed by atoms with Crippen molar-refractivity contribution in [2.45, 2.75) is 36.6 Å². The smallest absolute Gasteiger partial charge is 0.188 e. The molecule has 7 rings (SSSR count). The molecule has 7 aromatic rings. The van der Waals surface area contributed by atoms with Crippen LogP contribution in [0.4, 0.5) is 0 Å². The van der Waals surface area contributed by atoms with Gasteiger partial charge in [-0.3, -0.25) is 0 Å². The first-order valence-electron chi connectivity index (χ1n) is 13.2. The molecule has 0 atom stereocenters. The molecule has 0 spiro atoms. The molecular formula is C34H27N4PtS-. The van der Waals surface area contributed by atoms with E-state index in [1.165, 1.54) is 27.4 Å². The topological polar surface area (TPSA) is 27.7 Å². The van der Waals surface area contributed by atoms with Crippen LogP contribution < -0.4 is 0 Å². The predicted octanol–water partition coefficient (Wildman–Crippen LogP) is 8.84. The number of aryl methyl sites for hydroxylation is 1. The van der Waals surface area contributed by atoms with E-state index in [2.05, 4.69) is 138 Å². The number of rotatable bonds is 5. The van der Waals surface area contributed by atoms with E-state index in [-0.39, 0.29) is 21.1 Å². The quantitative estimate of drug-likeness (QED) is 0.167. The van der Waals surface area contributed by atoms with Crippen molar-refractivity contribution in [1.29, 1.82) is 0 Å². The first-order chi connectivity index (χ1) is 19.1. The monoisotopic (exact) mass is 718 g/mol. The molecule has 4 aromatic carbocycles. The zero-order valence-electron chi connectivity index (χ0n) is 22.4. The molecule has 0 aliphatic heterocycles. The van der Waals surface area contributed by atoms with Gasteiger partial charge in [0.05, 0.1) is 6.04 Å². The molecule has 0 radical (unpaired) electrons. The van der Waals surface area contributed by atoms with E-state index in [0.717, 1.165) is 32.3 Å². The molecule has 0 saturated carbocycles. The fourth-order valence-electron chi connectivity index (χ4n) is 5.31. The SMILES string of the molecule is Cc1ccnc(-n2c3[c-]c(Sc4[c-]c(-n5[cH+]n(C(C)C)c6ccccc65)ccc4)ccc3c3ccccc32)c1.[Pt]. The van der Waals surface area contributed by atoms with E-state index < -0.39 is 0 Å². The number of aromatic nitrogens is 4. The first kappa shape index (κ1) is 26.6. The Morgan fingerprint density at radius 1 is 0.775 bits per heavy atom. The van der Waals surface area contributed by atoms with Crippen LogP contribution in [-0.2, 0) is 21.1 Å². The van der Waals surface area contributed by atoms with Crippen LogP contribution in [0.5, 0.6) is 0 Å². The zero-order valence-corrected chi connectivity index (χ0v) is 25.5. The van der Waals surface area contributed by atoms with Gasteiger partial charge in [0.15, 0.2) is 17.4 Å². The fourth-order valence-corrected chi connectivity index (χ4v) is 6.13. The van der Waals surface area contributed by atoms with Gasteiger partial charge in [0, 0.05) is 50.6 Å². The maximum atomic E-state index is 4.71. The molecule has 4 nitrogen and oxygen atoms in total. The van der Waals surface area contributed by atoms with Crippen LogP contribution in [0.15, 0.2) is 113 Å². The minimum Gasteiger partial charge on any atom is -0.319 e. The fraction of sp³-hybridized carbons (Fsp3) is 0.118. The summed E-state index contributed by atoms with van der Waals surface area (Å²) in [6, 6.07) is 39.6. The number of hydrogen-bond acceptors (Lipinski definition) is 2. The molecule has 0 bridgehead atoms. The molecule has 3 aromatic heterocycles. The Morgan fingerprint density at radius 3 is 2.33 bits per heavy atom. The minimum atomic E-state index is 0. The van der Waals surface area contributed by atoms with Crippen LogP contribution in [-0.4, -0.2) is 18.7 Å². The second-order valence-corrected chi connectivity index (χ2v) is 11.2. The van der Waals surface area contributed by atoms with Crippen LogP contribution in [0.1, 0.15) is 25.5 Å². The Hall–Kier alpha value is -3.66.